The molecule has 1 aliphatic rings. The second-order valence-electron chi connectivity index (χ2n) is 7.75. The lowest BCUT2D eigenvalue weighted by atomic mass is 9.94. The molecule has 1 amide bonds. The summed E-state index contributed by atoms with van der Waals surface area (Å²) in [6.45, 7) is 0. The normalized spacial score (nSPS) is 17.2. The van der Waals surface area contributed by atoms with Crippen LogP contribution in [-0.2, 0) is 9.59 Å². The first-order chi connectivity index (χ1) is 16.9. The number of para-hydroxylation sites is 1. The van der Waals surface area contributed by atoms with Crippen LogP contribution in [0.3, 0.4) is 0 Å². The average Bonchev–Trinajstić information content (AvgIpc) is 3.41. The number of hydrogen-bond donors (Lipinski definition) is 1. The molecule has 35 heavy (non-hydrogen) atoms. The fourth-order valence-corrected chi connectivity index (χ4v) is 5.13. The highest BCUT2D eigenvalue weighted by atomic mass is 32.1. The molecular formula is C26H19FN2O5S. The number of aliphatic hydroxyl groups excluding tert-OH is 1. The number of methoxy groups -OCH3 is 2. The highest BCUT2D eigenvalue weighted by Crippen LogP contribution is 2.46. The number of halogens is 1. The molecule has 0 spiro atoms. The van der Waals surface area contributed by atoms with Gasteiger partial charge in [0.05, 0.1) is 30.0 Å². The molecule has 0 saturated carbocycles. The minimum Gasteiger partial charge on any atom is -0.507 e. The fraction of sp³-hybridized carbons (Fsp3) is 0.115. The molecule has 1 aliphatic heterocycles. The number of nitrogens with zero attached hydrogens (tertiary/aromatic N) is 2. The average molecular weight is 491 g/mol. The molecule has 9 heteroatoms. The number of rotatable bonds is 5. The van der Waals surface area contributed by atoms with E-state index in [0.717, 1.165) is 11.3 Å². The summed E-state index contributed by atoms with van der Waals surface area (Å²) in [7, 11) is 3.00. The maximum Gasteiger partial charge on any atom is 0.301 e. The molecule has 1 atom stereocenters. The number of benzene rings is 3. The molecule has 2 heterocycles. The zero-order valence-corrected chi connectivity index (χ0v) is 19.5. The largest absolute Gasteiger partial charge is 0.507 e. The van der Waals surface area contributed by atoms with Crippen LogP contribution in [0.15, 0.2) is 72.3 Å². The van der Waals surface area contributed by atoms with E-state index >= 15 is 0 Å². The Morgan fingerprint density at radius 1 is 1.03 bits per heavy atom. The van der Waals surface area contributed by atoms with Crippen molar-refractivity contribution < 1.29 is 28.6 Å². The zero-order valence-electron chi connectivity index (χ0n) is 18.7. The SMILES string of the molecule is COc1ccc(C(O)=C2C(=O)C(=O)N(c3nc4ccc(F)cc4s3)C2c2ccccc2OC)cc1. The van der Waals surface area contributed by atoms with Gasteiger partial charge >= 0.3 is 5.91 Å². The van der Waals surface area contributed by atoms with E-state index in [9.17, 15) is 19.1 Å². The summed E-state index contributed by atoms with van der Waals surface area (Å²) >= 11 is 1.08. The van der Waals surface area contributed by atoms with Gasteiger partial charge in [0.1, 0.15) is 29.1 Å². The monoisotopic (exact) mass is 490 g/mol. The van der Waals surface area contributed by atoms with Gasteiger partial charge in [-0.05, 0) is 48.5 Å². The number of carbonyl (C=O) groups excluding carboxylic acids is 2. The summed E-state index contributed by atoms with van der Waals surface area (Å²) in [6, 6.07) is 16.5. The molecule has 0 aliphatic carbocycles. The molecule has 1 fully saturated rings. The second-order valence-corrected chi connectivity index (χ2v) is 8.76. The van der Waals surface area contributed by atoms with Gasteiger partial charge in [0.25, 0.3) is 5.78 Å². The van der Waals surface area contributed by atoms with Gasteiger partial charge < -0.3 is 14.6 Å². The maximum atomic E-state index is 13.8. The number of hydrogen-bond acceptors (Lipinski definition) is 7. The van der Waals surface area contributed by atoms with Gasteiger partial charge in [-0.1, -0.05) is 29.5 Å². The van der Waals surface area contributed by atoms with Gasteiger partial charge in [0, 0.05) is 11.1 Å². The molecule has 0 radical (unpaired) electrons. The first-order valence-electron chi connectivity index (χ1n) is 10.6. The molecule has 1 N–H and O–H groups in total. The van der Waals surface area contributed by atoms with Crippen LogP contribution in [0.4, 0.5) is 9.52 Å². The Kier molecular flexibility index (Phi) is 5.70. The smallest absolute Gasteiger partial charge is 0.301 e. The Balaban J connectivity index is 1.74. The number of Topliss-reactive ketones (excluding diaryl/α,β-unsaturated/α-hetero) is 1. The maximum absolute atomic E-state index is 13.8. The van der Waals surface area contributed by atoms with Crippen molar-refractivity contribution in [2.75, 3.05) is 19.1 Å². The Morgan fingerprint density at radius 2 is 1.77 bits per heavy atom. The first-order valence-corrected chi connectivity index (χ1v) is 11.4. The van der Waals surface area contributed by atoms with Crippen molar-refractivity contribution in [1.29, 1.82) is 0 Å². The molecule has 3 aromatic carbocycles. The van der Waals surface area contributed by atoms with E-state index in [1.54, 1.807) is 48.5 Å². The van der Waals surface area contributed by atoms with Crippen molar-refractivity contribution in [3.63, 3.8) is 0 Å². The lowest BCUT2D eigenvalue weighted by Gasteiger charge is -2.24. The van der Waals surface area contributed by atoms with Crippen LogP contribution in [0.2, 0.25) is 0 Å². The first kappa shape index (κ1) is 22.5. The van der Waals surface area contributed by atoms with Gasteiger partial charge in [0.15, 0.2) is 5.13 Å². The number of carbonyl (C=O) groups is 2. The van der Waals surface area contributed by atoms with Crippen LogP contribution in [0.25, 0.3) is 16.0 Å². The Morgan fingerprint density at radius 3 is 2.49 bits per heavy atom. The summed E-state index contributed by atoms with van der Waals surface area (Å²) in [4.78, 5) is 32.4. The third-order valence-corrected chi connectivity index (χ3v) is 6.80. The minimum atomic E-state index is -1.02. The molecule has 1 saturated heterocycles. The highest BCUT2D eigenvalue weighted by molar-refractivity contribution is 7.22. The van der Waals surface area contributed by atoms with Crippen molar-refractivity contribution in [1.82, 2.24) is 4.98 Å². The molecule has 4 aromatic rings. The van der Waals surface area contributed by atoms with E-state index in [-0.39, 0.29) is 16.5 Å². The van der Waals surface area contributed by atoms with Crippen LogP contribution in [0.1, 0.15) is 17.2 Å². The number of thiazole rings is 1. The standard InChI is InChI=1S/C26H19FN2O5S/c1-33-16-10-7-14(8-11-16)23(30)21-22(17-5-3-4-6-19(17)34-2)29(25(32)24(21)31)26-28-18-12-9-15(27)13-20(18)35-26/h3-13,22,30H,1-2H3. The lowest BCUT2D eigenvalue weighted by Crippen LogP contribution is -2.29. The lowest BCUT2D eigenvalue weighted by molar-refractivity contribution is -0.132. The minimum absolute atomic E-state index is 0.102. The number of amides is 1. The predicted molar refractivity (Wildman–Crippen MR) is 130 cm³/mol. The molecular weight excluding hydrogens is 471 g/mol. The Hall–Kier alpha value is -4.24. The topological polar surface area (TPSA) is 89.0 Å². The molecule has 0 bridgehead atoms. The van der Waals surface area contributed by atoms with Crippen molar-refractivity contribution in [3.05, 3.63) is 89.2 Å². The molecule has 1 unspecified atom stereocenters. The van der Waals surface area contributed by atoms with Crippen LogP contribution in [-0.4, -0.2) is 36.0 Å². The third kappa shape index (κ3) is 3.79. The van der Waals surface area contributed by atoms with Gasteiger partial charge in [-0.15, -0.1) is 0 Å². The molecule has 5 rings (SSSR count). The number of ether oxygens (including phenoxy) is 2. The summed E-state index contributed by atoms with van der Waals surface area (Å²) in [5.74, 6) is -1.48. The summed E-state index contributed by atoms with van der Waals surface area (Å²) < 4.78 is 25.0. The zero-order chi connectivity index (χ0) is 24.7. The second kappa shape index (κ2) is 8.84. The van der Waals surface area contributed by atoms with Crippen molar-refractivity contribution in [3.8, 4) is 11.5 Å². The Bertz CT molecular complexity index is 1500. The summed E-state index contributed by atoms with van der Waals surface area (Å²) in [6.07, 6.45) is 0. The molecule has 176 valence electrons. The number of anilines is 1. The van der Waals surface area contributed by atoms with Crippen LogP contribution in [0, 0.1) is 5.82 Å². The van der Waals surface area contributed by atoms with Crippen LogP contribution < -0.4 is 14.4 Å². The van der Waals surface area contributed by atoms with Gasteiger partial charge in [-0.2, -0.15) is 0 Å². The van der Waals surface area contributed by atoms with E-state index < -0.39 is 23.5 Å². The summed E-state index contributed by atoms with van der Waals surface area (Å²) in [5, 5.41) is 11.4. The van der Waals surface area contributed by atoms with E-state index in [1.807, 2.05) is 0 Å². The van der Waals surface area contributed by atoms with E-state index in [1.165, 1.54) is 37.3 Å². The van der Waals surface area contributed by atoms with Gasteiger partial charge in [-0.3, -0.25) is 14.5 Å². The number of aromatic nitrogens is 1. The van der Waals surface area contributed by atoms with E-state index in [2.05, 4.69) is 4.98 Å². The summed E-state index contributed by atoms with van der Waals surface area (Å²) in [5.41, 5.74) is 1.22. The number of ketones is 1. The van der Waals surface area contributed by atoms with Crippen LogP contribution in [0.5, 0.6) is 11.5 Å². The third-order valence-electron chi connectivity index (χ3n) is 5.79. The van der Waals surface area contributed by atoms with E-state index in [4.69, 9.17) is 9.47 Å². The van der Waals surface area contributed by atoms with Crippen molar-refractivity contribution >= 4 is 44.1 Å². The molecule has 1 aromatic heterocycles. The van der Waals surface area contributed by atoms with Crippen LogP contribution >= 0.6 is 11.3 Å². The number of aliphatic hydroxyl groups is 1. The highest BCUT2D eigenvalue weighted by Gasteiger charge is 2.49. The predicted octanol–water partition coefficient (Wildman–Crippen LogP) is 5.08. The Labute approximate surface area is 203 Å². The van der Waals surface area contributed by atoms with Gasteiger partial charge in [0.2, 0.25) is 0 Å². The van der Waals surface area contributed by atoms with Crippen molar-refractivity contribution in [2.24, 2.45) is 0 Å². The van der Waals surface area contributed by atoms with E-state index in [0.29, 0.717) is 32.8 Å². The fourth-order valence-electron chi connectivity index (χ4n) is 4.11. The molecule has 7 nitrogen and oxygen atoms in total. The quantitative estimate of drug-likeness (QED) is 0.239. The van der Waals surface area contributed by atoms with Crippen molar-refractivity contribution in [2.45, 2.75) is 6.04 Å². The number of fused-ring (bicyclic) bond motifs is 1. The van der Waals surface area contributed by atoms with Gasteiger partial charge in [-0.25, -0.2) is 9.37 Å².